The van der Waals surface area contributed by atoms with Crippen molar-refractivity contribution in [3.63, 3.8) is 0 Å². The summed E-state index contributed by atoms with van der Waals surface area (Å²) in [5, 5.41) is 0. The molecular formula is C13H22N2. The van der Waals surface area contributed by atoms with Crippen molar-refractivity contribution < 1.29 is 0 Å². The summed E-state index contributed by atoms with van der Waals surface area (Å²) < 4.78 is 0. The molecule has 0 bridgehead atoms. The van der Waals surface area contributed by atoms with E-state index in [9.17, 15) is 0 Å². The molecule has 1 rings (SSSR count). The first-order valence-electron chi connectivity index (χ1n) is 5.40. The second-order valence-electron chi connectivity index (χ2n) is 5.80. The van der Waals surface area contributed by atoms with Crippen molar-refractivity contribution in [3.8, 4) is 0 Å². The van der Waals surface area contributed by atoms with E-state index in [0.717, 1.165) is 17.0 Å². The average molecular weight is 206 g/mol. The smallest absolute Gasteiger partial charge is 0.0460 e. The zero-order chi connectivity index (χ0) is 11.9. The van der Waals surface area contributed by atoms with E-state index in [1.165, 1.54) is 0 Å². The SMILES string of the molecule is Cc1nc(C(C)(C)C)ccc1C(C)(C)N. The zero-order valence-electron chi connectivity index (χ0n) is 10.7. The van der Waals surface area contributed by atoms with Gasteiger partial charge in [0.1, 0.15) is 0 Å². The first-order valence-corrected chi connectivity index (χ1v) is 5.40. The Morgan fingerprint density at radius 3 is 1.93 bits per heavy atom. The number of pyridine rings is 1. The molecule has 2 heteroatoms. The maximum absolute atomic E-state index is 6.08. The summed E-state index contributed by atoms with van der Waals surface area (Å²) in [5.41, 5.74) is 9.14. The van der Waals surface area contributed by atoms with Gasteiger partial charge in [-0.1, -0.05) is 26.8 Å². The van der Waals surface area contributed by atoms with Crippen LogP contribution in [0.15, 0.2) is 12.1 Å². The number of nitrogens with two attached hydrogens (primary N) is 1. The van der Waals surface area contributed by atoms with Gasteiger partial charge in [-0.15, -0.1) is 0 Å². The van der Waals surface area contributed by atoms with Crippen molar-refractivity contribution in [3.05, 3.63) is 29.1 Å². The van der Waals surface area contributed by atoms with Gasteiger partial charge in [0.05, 0.1) is 0 Å². The Kier molecular flexibility index (Phi) is 2.92. The summed E-state index contributed by atoms with van der Waals surface area (Å²) in [6.07, 6.45) is 0. The highest BCUT2D eigenvalue weighted by Crippen LogP contribution is 2.25. The Bertz CT molecular complexity index is 354. The number of aromatic nitrogens is 1. The predicted octanol–water partition coefficient (Wildman–Crippen LogP) is 2.88. The van der Waals surface area contributed by atoms with Gasteiger partial charge >= 0.3 is 0 Å². The molecule has 2 N–H and O–H groups in total. The summed E-state index contributed by atoms with van der Waals surface area (Å²) in [7, 11) is 0. The first kappa shape index (κ1) is 12.2. The van der Waals surface area contributed by atoms with Gasteiger partial charge < -0.3 is 5.73 Å². The normalized spacial score (nSPS) is 13.0. The van der Waals surface area contributed by atoms with Crippen LogP contribution in [0.3, 0.4) is 0 Å². The van der Waals surface area contributed by atoms with E-state index in [-0.39, 0.29) is 11.0 Å². The van der Waals surface area contributed by atoms with Crippen molar-refractivity contribution in [2.45, 2.75) is 52.5 Å². The lowest BCUT2D eigenvalue weighted by Gasteiger charge is -2.24. The second-order valence-corrected chi connectivity index (χ2v) is 5.80. The van der Waals surface area contributed by atoms with Gasteiger partial charge in [-0.05, 0) is 32.4 Å². The highest BCUT2D eigenvalue weighted by atomic mass is 14.8. The van der Waals surface area contributed by atoms with Gasteiger partial charge in [-0.25, -0.2) is 0 Å². The molecule has 1 heterocycles. The van der Waals surface area contributed by atoms with E-state index in [2.05, 4.69) is 37.9 Å². The summed E-state index contributed by atoms with van der Waals surface area (Å²) >= 11 is 0. The monoisotopic (exact) mass is 206 g/mol. The van der Waals surface area contributed by atoms with Gasteiger partial charge in [0, 0.05) is 22.3 Å². The molecule has 0 saturated carbocycles. The summed E-state index contributed by atoms with van der Waals surface area (Å²) in [6.45, 7) is 12.5. The molecular weight excluding hydrogens is 184 g/mol. The number of rotatable bonds is 1. The third kappa shape index (κ3) is 2.78. The van der Waals surface area contributed by atoms with Crippen LogP contribution in [-0.2, 0) is 11.0 Å². The van der Waals surface area contributed by atoms with E-state index in [1.807, 2.05) is 20.8 Å². The molecule has 0 aliphatic heterocycles. The lowest BCUT2D eigenvalue weighted by atomic mass is 9.88. The third-order valence-corrected chi connectivity index (χ3v) is 2.55. The van der Waals surface area contributed by atoms with Gasteiger partial charge in [0.25, 0.3) is 0 Å². The summed E-state index contributed by atoms with van der Waals surface area (Å²) in [5.74, 6) is 0. The van der Waals surface area contributed by atoms with E-state index < -0.39 is 0 Å². The Hall–Kier alpha value is -0.890. The second kappa shape index (κ2) is 3.60. The van der Waals surface area contributed by atoms with Gasteiger partial charge in [0.15, 0.2) is 0 Å². The van der Waals surface area contributed by atoms with Crippen molar-refractivity contribution in [1.82, 2.24) is 4.98 Å². The number of nitrogens with zero attached hydrogens (tertiary/aromatic N) is 1. The molecule has 0 amide bonds. The number of hydrogen-bond acceptors (Lipinski definition) is 2. The summed E-state index contributed by atoms with van der Waals surface area (Å²) in [4.78, 5) is 4.63. The van der Waals surface area contributed by atoms with Crippen LogP contribution in [0.1, 0.15) is 51.6 Å². The average Bonchev–Trinajstić information content (AvgIpc) is 1.99. The predicted molar refractivity (Wildman–Crippen MR) is 64.9 cm³/mol. The van der Waals surface area contributed by atoms with Crippen LogP contribution in [0.25, 0.3) is 0 Å². The van der Waals surface area contributed by atoms with E-state index in [4.69, 9.17) is 5.73 Å². The fraction of sp³-hybridized carbons (Fsp3) is 0.615. The molecule has 0 aromatic carbocycles. The summed E-state index contributed by atoms with van der Waals surface area (Å²) in [6, 6.07) is 4.18. The molecule has 2 nitrogen and oxygen atoms in total. The van der Waals surface area contributed by atoms with Crippen LogP contribution in [0.5, 0.6) is 0 Å². The maximum atomic E-state index is 6.08. The Labute approximate surface area is 92.9 Å². The van der Waals surface area contributed by atoms with Crippen LogP contribution in [-0.4, -0.2) is 4.98 Å². The maximum Gasteiger partial charge on any atom is 0.0460 e. The van der Waals surface area contributed by atoms with Crippen molar-refractivity contribution in [2.75, 3.05) is 0 Å². The topological polar surface area (TPSA) is 38.9 Å². The first-order chi connectivity index (χ1) is 6.62. The zero-order valence-corrected chi connectivity index (χ0v) is 10.7. The lowest BCUT2D eigenvalue weighted by molar-refractivity contribution is 0.534. The molecule has 0 fully saturated rings. The third-order valence-electron chi connectivity index (χ3n) is 2.55. The van der Waals surface area contributed by atoms with Crippen LogP contribution < -0.4 is 5.73 Å². The van der Waals surface area contributed by atoms with Crippen molar-refractivity contribution in [1.29, 1.82) is 0 Å². The highest BCUT2D eigenvalue weighted by Gasteiger charge is 2.21. The van der Waals surface area contributed by atoms with Crippen LogP contribution in [0, 0.1) is 6.92 Å². The van der Waals surface area contributed by atoms with Crippen LogP contribution >= 0.6 is 0 Å². The Morgan fingerprint density at radius 2 is 1.60 bits per heavy atom. The molecule has 1 aromatic rings. The van der Waals surface area contributed by atoms with Crippen molar-refractivity contribution >= 4 is 0 Å². The van der Waals surface area contributed by atoms with E-state index in [0.29, 0.717) is 0 Å². The molecule has 0 radical (unpaired) electrons. The largest absolute Gasteiger partial charge is 0.322 e. The minimum Gasteiger partial charge on any atom is -0.322 e. The van der Waals surface area contributed by atoms with Gasteiger partial charge in [-0.3, -0.25) is 4.98 Å². The molecule has 0 aliphatic rings. The highest BCUT2D eigenvalue weighted by molar-refractivity contribution is 5.30. The lowest BCUT2D eigenvalue weighted by Crippen LogP contribution is -2.30. The van der Waals surface area contributed by atoms with Crippen LogP contribution in [0.2, 0.25) is 0 Å². The Balaban J connectivity index is 3.21. The van der Waals surface area contributed by atoms with E-state index >= 15 is 0 Å². The molecule has 0 atom stereocenters. The quantitative estimate of drug-likeness (QED) is 0.767. The van der Waals surface area contributed by atoms with Crippen LogP contribution in [0.4, 0.5) is 0 Å². The van der Waals surface area contributed by atoms with Crippen molar-refractivity contribution in [2.24, 2.45) is 5.73 Å². The Morgan fingerprint density at radius 1 is 1.07 bits per heavy atom. The fourth-order valence-electron chi connectivity index (χ4n) is 1.66. The minimum absolute atomic E-state index is 0.0992. The van der Waals surface area contributed by atoms with E-state index in [1.54, 1.807) is 0 Å². The molecule has 0 spiro atoms. The number of aryl methyl sites for hydroxylation is 1. The van der Waals surface area contributed by atoms with Gasteiger partial charge in [-0.2, -0.15) is 0 Å². The molecule has 0 unspecified atom stereocenters. The van der Waals surface area contributed by atoms with Gasteiger partial charge in [0.2, 0.25) is 0 Å². The molecule has 0 saturated heterocycles. The minimum atomic E-state index is -0.312. The molecule has 15 heavy (non-hydrogen) atoms. The fourth-order valence-corrected chi connectivity index (χ4v) is 1.66. The number of hydrogen-bond donors (Lipinski definition) is 1. The standard InChI is InChI=1S/C13H22N2/c1-9-10(13(5,6)14)7-8-11(15-9)12(2,3)4/h7-8H,14H2,1-6H3. The molecule has 0 aliphatic carbocycles. The molecule has 84 valence electrons. The molecule has 1 aromatic heterocycles.